The number of aromatic nitrogens is 1. The van der Waals surface area contributed by atoms with Gasteiger partial charge >= 0.3 is 5.97 Å². The Kier molecular flexibility index (Phi) is 5.40. The first-order chi connectivity index (χ1) is 16.0. The highest BCUT2D eigenvalue weighted by Gasteiger charge is 2.44. The topological polar surface area (TPSA) is 94.9 Å². The molecule has 1 amide bonds. The van der Waals surface area contributed by atoms with Crippen LogP contribution in [0.2, 0.25) is 5.02 Å². The number of rotatable bonds is 4. The van der Waals surface area contributed by atoms with Crippen LogP contribution in [0.15, 0.2) is 89.3 Å². The third-order valence-electron chi connectivity index (χ3n) is 5.68. The zero-order chi connectivity index (χ0) is 22.9. The molecule has 0 bridgehead atoms. The molecule has 1 aromatic heterocycles. The number of hydrogen-bond acceptors (Lipinski definition) is 5. The smallest absolute Gasteiger partial charge is 0.335 e. The molecule has 0 radical (unpaired) electrons. The highest BCUT2D eigenvalue weighted by Crippen LogP contribution is 2.42. The van der Waals surface area contributed by atoms with Crippen molar-refractivity contribution in [3.05, 3.63) is 106 Å². The number of carbonyl (C=O) groups excluding carboxylic acids is 1. The Balaban J connectivity index is 1.68. The van der Waals surface area contributed by atoms with E-state index in [4.69, 9.17) is 16.6 Å². The normalized spacial score (nSPS) is 17.8. The summed E-state index contributed by atoms with van der Waals surface area (Å²) in [7, 11) is 0. The molecule has 3 heterocycles. The average Bonchev–Trinajstić information content (AvgIpc) is 2.97. The van der Waals surface area contributed by atoms with Crippen LogP contribution in [0.3, 0.4) is 0 Å². The van der Waals surface area contributed by atoms with Gasteiger partial charge in [0.05, 0.1) is 23.9 Å². The molecule has 7 nitrogen and oxygen atoms in total. The Labute approximate surface area is 195 Å². The van der Waals surface area contributed by atoms with Gasteiger partial charge in [0.1, 0.15) is 5.70 Å². The summed E-state index contributed by atoms with van der Waals surface area (Å²) in [5.74, 6) is -1.23. The number of anilines is 1. The standard InChI is InChI=1S/C25H19ClN4O3/c26-18-7-3-15(4-8-18)21-20-22(29-13-12-28-21)24(31)30(23(20)17-2-1-11-27-14-17)19-9-5-16(6-10-19)25(32)33/h1-11,14,23,29H,12-13H2,(H,32,33)/t23-/m0/s1. The second-order valence-corrected chi connectivity index (χ2v) is 8.11. The van der Waals surface area contributed by atoms with Crippen LogP contribution in [-0.4, -0.2) is 40.8 Å². The molecule has 0 saturated carbocycles. The summed E-state index contributed by atoms with van der Waals surface area (Å²) in [5.41, 5.74) is 4.39. The molecule has 33 heavy (non-hydrogen) atoms. The number of carboxylic acid groups (broad SMARTS) is 1. The van der Waals surface area contributed by atoms with E-state index in [1.807, 2.05) is 24.3 Å². The van der Waals surface area contributed by atoms with Crippen molar-refractivity contribution in [1.29, 1.82) is 0 Å². The number of benzene rings is 2. The van der Waals surface area contributed by atoms with Crippen molar-refractivity contribution in [2.45, 2.75) is 6.04 Å². The summed E-state index contributed by atoms with van der Waals surface area (Å²) in [4.78, 5) is 35.8. The number of pyridine rings is 1. The summed E-state index contributed by atoms with van der Waals surface area (Å²) in [6.07, 6.45) is 3.41. The van der Waals surface area contributed by atoms with E-state index in [1.54, 1.807) is 41.6 Å². The summed E-state index contributed by atoms with van der Waals surface area (Å²) >= 11 is 6.10. The van der Waals surface area contributed by atoms with E-state index >= 15 is 0 Å². The molecular formula is C25H19ClN4O3. The van der Waals surface area contributed by atoms with E-state index in [1.165, 1.54) is 12.1 Å². The molecule has 2 N–H and O–H groups in total. The Hall–Kier alpha value is -3.97. The van der Waals surface area contributed by atoms with E-state index in [0.29, 0.717) is 29.5 Å². The van der Waals surface area contributed by atoms with Crippen molar-refractivity contribution in [3.63, 3.8) is 0 Å². The van der Waals surface area contributed by atoms with Gasteiger partial charge in [-0.15, -0.1) is 0 Å². The lowest BCUT2D eigenvalue weighted by Gasteiger charge is -2.28. The lowest BCUT2D eigenvalue weighted by Crippen LogP contribution is -2.33. The SMILES string of the molecule is O=C(O)c1ccc(N2C(=O)C3=C(C(c4ccc(Cl)cc4)=NCCN3)[C@@H]2c2cccnc2)cc1. The van der Waals surface area contributed by atoms with Gasteiger partial charge in [-0.3, -0.25) is 19.7 Å². The maximum atomic E-state index is 13.7. The van der Waals surface area contributed by atoms with E-state index < -0.39 is 12.0 Å². The number of hydrogen-bond donors (Lipinski definition) is 2. The first-order valence-corrected chi connectivity index (χ1v) is 10.8. The Morgan fingerprint density at radius 1 is 1.09 bits per heavy atom. The first kappa shape index (κ1) is 20.9. The number of nitrogens with one attached hydrogen (secondary N) is 1. The van der Waals surface area contributed by atoms with Gasteiger partial charge in [-0.05, 0) is 48.0 Å². The molecule has 5 rings (SSSR count). The van der Waals surface area contributed by atoms with Crippen LogP contribution in [0.1, 0.15) is 27.5 Å². The van der Waals surface area contributed by atoms with Crippen molar-refractivity contribution < 1.29 is 14.7 Å². The minimum absolute atomic E-state index is 0.152. The number of aliphatic imine (C=N–C) groups is 1. The zero-order valence-corrected chi connectivity index (χ0v) is 18.2. The Bertz CT molecular complexity index is 1290. The number of carboxylic acids is 1. The minimum Gasteiger partial charge on any atom is -0.478 e. The number of carbonyl (C=O) groups is 2. The van der Waals surface area contributed by atoms with E-state index in [2.05, 4.69) is 10.3 Å². The lowest BCUT2D eigenvalue weighted by molar-refractivity contribution is -0.115. The number of nitrogens with zero attached hydrogens (tertiary/aromatic N) is 3. The molecule has 0 spiro atoms. The molecule has 2 aromatic carbocycles. The van der Waals surface area contributed by atoms with Crippen LogP contribution in [-0.2, 0) is 4.79 Å². The largest absolute Gasteiger partial charge is 0.478 e. The molecule has 164 valence electrons. The second-order valence-electron chi connectivity index (χ2n) is 7.67. The van der Waals surface area contributed by atoms with Crippen molar-refractivity contribution >= 4 is 34.9 Å². The minimum atomic E-state index is -1.02. The monoisotopic (exact) mass is 458 g/mol. The highest BCUT2D eigenvalue weighted by molar-refractivity contribution is 6.31. The quantitative estimate of drug-likeness (QED) is 0.619. The summed E-state index contributed by atoms with van der Waals surface area (Å²) in [6.45, 7) is 1.04. The van der Waals surface area contributed by atoms with Crippen LogP contribution in [0, 0.1) is 0 Å². The molecule has 0 saturated heterocycles. The Morgan fingerprint density at radius 2 is 1.85 bits per heavy atom. The van der Waals surface area contributed by atoms with Gasteiger partial charge in [0.2, 0.25) is 0 Å². The number of aromatic carboxylic acids is 1. The van der Waals surface area contributed by atoms with Gasteiger partial charge in [-0.1, -0.05) is 29.8 Å². The molecule has 0 aliphatic carbocycles. The van der Waals surface area contributed by atoms with E-state index in [0.717, 1.165) is 22.4 Å². The van der Waals surface area contributed by atoms with Crippen molar-refractivity contribution in [1.82, 2.24) is 10.3 Å². The molecular weight excluding hydrogens is 440 g/mol. The predicted molar refractivity (Wildman–Crippen MR) is 126 cm³/mol. The average molecular weight is 459 g/mol. The number of halogens is 1. The van der Waals surface area contributed by atoms with E-state index in [9.17, 15) is 14.7 Å². The summed E-state index contributed by atoms with van der Waals surface area (Å²) < 4.78 is 0. The third kappa shape index (κ3) is 3.76. The lowest BCUT2D eigenvalue weighted by atomic mass is 9.92. The fourth-order valence-electron chi connectivity index (χ4n) is 4.21. The molecule has 3 aromatic rings. The highest BCUT2D eigenvalue weighted by atomic mass is 35.5. The second kappa shape index (κ2) is 8.52. The first-order valence-electron chi connectivity index (χ1n) is 10.4. The van der Waals surface area contributed by atoms with Crippen molar-refractivity contribution in [2.75, 3.05) is 18.0 Å². The molecule has 8 heteroatoms. The molecule has 0 fully saturated rings. The summed E-state index contributed by atoms with van der Waals surface area (Å²) in [5, 5.41) is 13.2. The summed E-state index contributed by atoms with van der Waals surface area (Å²) in [6, 6.07) is 16.9. The van der Waals surface area contributed by atoms with Gasteiger partial charge in [-0.2, -0.15) is 0 Å². The van der Waals surface area contributed by atoms with Crippen LogP contribution in [0.4, 0.5) is 5.69 Å². The van der Waals surface area contributed by atoms with Gasteiger partial charge < -0.3 is 10.4 Å². The maximum Gasteiger partial charge on any atom is 0.335 e. The maximum absolute atomic E-state index is 13.7. The van der Waals surface area contributed by atoms with Crippen LogP contribution >= 0.6 is 11.6 Å². The molecule has 0 unspecified atom stereocenters. The molecule has 2 aliphatic heterocycles. The van der Waals surface area contributed by atoms with Crippen LogP contribution in [0.25, 0.3) is 0 Å². The van der Waals surface area contributed by atoms with E-state index in [-0.39, 0.29) is 11.5 Å². The Morgan fingerprint density at radius 3 is 2.52 bits per heavy atom. The van der Waals surface area contributed by atoms with Gasteiger partial charge in [-0.25, -0.2) is 4.79 Å². The predicted octanol–water partition coefficient (Wildman–Crippen LogP) is 3.87. The van der Waals surface area contributed by atoms with Crippen molar-refractivity contribution in [2.24, 2.45) is 4.99 Å². The van der Waals surface area contributed by atoms with Crippen molar-refractivity contribution in [3.8, 4) is 0 Å². The zero-order valence-electron chi connectivity index (χ0n) is 17.4. The fraction of sp³-hybridized carbons (Fsp3) is 0.120. The molecule has 2 aliphatic rings. The van der Waals surface area contributed by atoms with Crippen LogP contribution < -0.4 is 10.2 Å². The number of amides is 1. The van der Waals surface area contributed by atoms with Gasteiger partial charge in [0.15, 0.2) is 0 Å². The fourth-order valence-corrected chi connectivity index (χ4v) is 4.34. The third-order valence-corrected chi connectivity index (χ3v) is 5.93. The van der Waals surface area contributed by atoms with Gasteiger partial charge in [0.25, 0.3) is 5.91 Å². The van der Waals surface area contributed by atoms with Crippen LogP contribution in [0.5, 0.6) is 0 Å². The van der Waals surface area contributed by atoms with Gasteiger partial charge in [0, 0.05) is 40.8 Å². The molecule has 1 atom stereocenters.